The third-order valence-corrected chi connectivity index (χ3v) is 5.87. The van der Waals surface area contributed by atoms with Crippen LogP contribution in [0.2, 0.25) is 0 Å². The molecule has 0 fully saturated rings. The average Bonchev–Trinajstić information content (AvgIpc) is 3.31. The number of nitrogens with one attached hydrogen (secondary N) is 1. The van der Waals surface area contributed by atoms with Gasteiger partial charge in [0.05, 0.1) is 18.6 Å². The number of rotatable bonds is 8. The van der Waals surface area contributed by atoms with Crippen molar-refractivity contribution in [2.24, 2.45) is 5.10 Å². The number of hydrogen-bond donors (Lipinski definition) is 1. The van der Waals surface area contributed by atoms with E-state index in [0.717, 1.165) is 22.6 Å². The largest absolute Gasteiger partial charge is 0.497 e. The van der Waals surface area contributed by atoms with E-state index in [1.165, 1.54) is 23.9 Å². The number of hydrazone groups is 1. The normalized spacial score (nSPS) is 11.3. The Morgan fingerprint density at radius 3 is 2.41 bits per heavy atom. The Balaban J connectivity index is 1.52. The number of carbonyl (C=O) groups excluding carboxylic acids is 1. The highest BCUT2D eigenvalue weighted by atomic mass is 32.2. The molecule has 4 rings (SSSR count). The minimum Gasteiger partial charge on any atom is -0.497 e. The second-order valence-electron chi connectivity index (χ2n) is 7.23. The molecule has 1 amide bonds. The van der Waals surface area contributed by atoms with Crippen molar-refractivity contribution >= 4 is 23.4 Å². The zero-order valence-corrected chi connectivity index (χ0v) is 19.4. The summed E-state index contributed by atoms with van der Waals surface area (Å²) in [5.41, 5.74) is 5.59. The summed E-state index contributed by atoms with van der Waals surface area (Å²) in [4.78, 5) is 12.4. The fraction of sp³-hybridized carbons (Fsp3) is 0.120. The van der Waals surface area contributed by atoms with E-state index in [0.29, 0.717) is 16.7 Å². The number of halogens is 1. The summed E-state index contributed by atoms with van der Waals surface area (Å²) in [5.74, 6) is 0.869. The molecule has 0 spiro atoms. The lowest BCUT2D eigenvalue weighted by Gasteiger charge is -2.11. The Hall–Kier alpha value is -3.98. The maximum atomic E-state index is 13.1. The number of ether oxygens (including phenoxy) is 1. The van der Waals surface area contributed by atoms with Crippen LogP contribution in [-0.2, 0) is 4.79 Å². The number of benzene rings is 3. The molecule has 0 radical (unpaired) electrons. The number of amides is 1. The highest BCUT2D eigenvalue weighted by Crippen LogP contribution is 2.28. The van der Waals surface area contributed by atoms with Gasteiger partial charge in [-0.15, -0.1) is 10.2 Å². The first-order chi connectivity index (χ1) is 16.5. The van der Waals surface area contributed by atoms with E-state index in [1.54, 1.807) is 26.2 Å². The second-order valence-corrected chi connectivity index (χ2v) is 8.18. The molecular weight excluding hydrogens is 453 g/mol. The summed E-state index contributed by atoms with van der Waals surface area (Å²) in [5, 5.41) is 13.4. The van der Waals surface area contributed by atoms with Crippen molar-refractivity contribution in [1.29, 1.82) is 0 Å². The molecule has 7 nitrogen and oxygen atoms in total. The van der Waals surface area contributed by atoms with Crippen LogP contribution in [0.15, 0.2) is 89.1 Å². The Labute approximate surface area is 200 Å². The van der Waals surface area contributed by atoms with Crippen molar-refractivity contribution in [3.05, 3.63) is 90.2 Å². The van der Waals surface area contributed by atoms with Gasteiger partial charge < -0.3 is 4.74 Å². The molecule has 1 aromatic heterocycles. The van der Waals surface area contributed by atoms with Gasteiger partial charge in [0.15, 0.2) is 11.0 Å². The predicted octanol–water partition coefficient (Wildman–Crippen LogP) is 4.71. The van der Waals surface area contributed by atoms with E-state index in [2.05, 4.69) is 20.7 Å². The first-order valence-electron chi connectivity index (χ1n) is 10.4. The minimum atomic E-state index is -0.326. The molecule has 0 saturated heterocycles. The average molecular weight is 476 g/mol. The van der Waals surface area contributed by atoms with E-state index < -0.39 is 0 Å². The summed E-state index contributed by atoms with van der Waals surface area (Å²) in [6, 6.07) is 23.2. The molecule has 0 aliphatic heterocycles. The topological polar surface area (TPSA) is 81.4 Å². The van der Waals surface area contributed by atoms with Crippen LogP contribution in [0.4, 0.5) is 4.39 Å². The molecule has 0 aliphatic carbocycles. The minimum absolute atomic E-state index is 0.0866. The Morgan fingerprint density at radius 1 is 1.03 bits per heavy atom. The summed E-state index contributed by atoms with van der Waals surface area (Å²) >= 11 is 1.25. The van der Waals surface area contributed by atoms with Crippen molar-refractivity contribution in [2.75, 3.05) is 12.9 Å². The number of aromatic nitrogens is 3. The fourth-order valence-corrected chi connectivity index (χ4v) is 3.91. The van der Waals surface area contributed by atoms with E-state index in [-0.39, 0.29) is 17.5 Å². The van der Waals surface area contributed by atoms with Crippen LogP contribution in [0, 0.1) is 5.82 Å². The number of thioether (sulfide) groups is 1. The van der Waals surface area contributed by atoms with Crippen LogP contribution in [0.3, 0.4) is 0 Å². The van der Waals surface area contributed by atoms with Crippen LogP contribution in [-0.4, -0.2) is 39.2 Å². The molecular formula is C25H22FN5O2S. The molecule has 172 valence electrons. The Bertz CT molecular complexity index is 1290. The van der Waals surface area contributed by atoms with Gasteiger partial charge in [-0.05, 0) is 48.9 Å². The van der Waals surface area contributed by atoms with Crippen molar-refractivity contribution in [1.82, 2.24) is 20.2 Å². The molecule has 0 aliphatic rings. The van der Waals surface area contributed by atoms with Crippen LogP contribution in [0.1, 0.15) is 12.5 Å². The van der Waals surface area contributed by atoms with Gasteiger partial charge in [0, 0.05) is 11.3 Å². The lowest BCUT2D eigenvalue weighted by molar-refractivity contribution is -0.118. The van der Waals surface area contributed by atoms with Gasteiger partial charge in [0.1, 0.15) is 11.6 Å². The van der Waals surface area contributed by atoms with E-state index in [4.69, 9.17) is 4.74 Å². The fourth-order valence-electron chi connectivity index (χ4n) is 3.17. The van der Waals surface area contributed by atoms with Crippen LogP contribution in [0.25, 0.3) is 17.1 Å². The molecule has 1 heterocycles. The van der Waals surface area contributed by atoms with Crippen LogP contribution in [0.5, 0.6) is 5.75 Å². The monoisotopic (exact) mass is 475 g/mol. The van der Waals surface area contributed by atoms with Gasteiger partial charge >= 0.3 is 0 Å². The lowest BCUT2D eigenvalue weighted by Crippen LogP contribution is -2.21. The first kappa shape index (κ1) is 23.2. The Morgan fingerprint density at radius 2 is 1.74 bits per heavy atom. The molecule has 9 heteroatoms. The zero-order chi connectivity index (χ0) is 23.9. The molecule has 0 unspecified atom stereocenters. The number of nitrogens with zero attached hydrogens (tertiary/aromatic N) is 4. The third kappa shape index (κ3) is 5.49. The van der Waals surface area contributed by atoms with Gasteiger partial charge in [-0.3, -0.25) is 9.36 Å². The molecule has 34 heavy (non-hydrogen) atoms. The number of hydrogen-bond acceptors (Lipinski definition) is 6. The van der Waals surface area contributed by atoms with Crippen LogP contribution >= 0.6 is 11.8 Å². The lowest BCUT2D eigenvalue weighted by atomic mass is 10.1. The molecule has 1 N–H and O–H groups in total. The predicted molar refractivity (Wildman–Crippen MR) is 131 cm³/mol. The summed E-state index contributed by atoms with van der Waals surface area (Å²) in [7, 11) is 1.61. The summed E-state index contributed by atoms with van der Waals surface area (Å²) < 4.78 is 20.3. The third-order valence-electron chi connectivity index (χ3n) is 4.94. The quantitative estimate of drug-likeness (QED) is 0.227. The van der Waals surface area contributed by atoms with Crippen molar-refractivity contribution in [3.8, 4) is 22.8 Å². The summed E-state index contributed by atoms with van der Waals surface area (Å²) in [6.07, 6.45) is 0. The van der Waals surface area contributed by atoms with Gasteiger partial charge in [0.2, 0.25) is 0 Å². The van der Waals surface area contributed by atoms with Crippen LogP contribution < -0.4 is 10.2 Å². The SMILES string of the molecule is COc1ccc(-n2c(SCC(=O)N/N=C(/C)c3ccc(F)cc3)nnc2-c2ccccc2)cc1. The van der Waals surface area contributed by atoms with E-state index in [9.17, 15) is 9.18 Å². The van der Waals surface area contributed by atoms with Gasteiger partial charge in [0.25, 0.3) is 5.91 Å². The van der Waals surface area contributed by atoms with Gasteiger partial charge in [-0.25, -0.2) is 9.82 Å². The number of methoxy groups -OCH3 is 1. The molecule has 3 aromatic carbocycles. The van der Waals surface area contributed by atoms with E-state index in [1.807, 2.05) is 59.2 Å². The van der Waals surface area contributed by atoms with Crippen molar-refractivity contribution in [2.45, 2.75) is 12.1 Å². The Kier molecular flexibility index (Phi) is 7.34. The van der Waals surface area contributed by atoms with Crippen molar-refractivity contribution in [3.63, 3.8) is 0 Å². The summed E-state index contributed by atoms with van der Waals surface area (Å²) in [6.45, 7) is 1.74. The highest BCUT2D eigenvalue weighted by Gasteiger charge is 2.17. The second kappa shape index (κ2) is 10.8. The highest BCUT2D eigenvalue weighted by molar-refractivity contribution is 7.99. The van der Waals surface area contributed by atoms with Gasteiger partial charge in [-0.2, -0.15) is 5.10 Å². The zero-order valence-electron chi connectivity index (χ0n) is 18.6. The van der Waals surface area contributed by atoms with Gasteiger partial charge in [-0.1, -0.05) is 54.2 Å². The number of carbonyl (C=O) groups is 1. The van der Waals surface area contributed by atoms with E-state index >= 15 is 0 Å². The maximum Gasteiger partial charge on any atom is 0.250 e. The first-order valence-corrected chi connectivity index (χ1v) is 11.4. The molecule has 4 aromatic rings. The standard InChI is InChI=1S/C25H22FN5O2S/c1-17(18-8-10-20(26)11-9-18)27-28-23(32)16-34-25-30-29-24(19-6-4-3-5-7-19)31(25)21-12-14-22(33-2)15-13-21/h3-15H,16H2,1-2H3,(H,28,32)/b27-17-. The molecule has 0 atom stereocenters. The smallest absolute Gasteiger partial charge is 0.250 e. The van der Waals surface area contributed by atoms with Crippen molar-refractivity contribution < 1.29 is 13.9 Å². The molecule has 0 bridgehead atoms. The maximum absolute atomic E-state index is 13.1. The molecule has 0 saturated carbocycles.